The molecule has 0 radical (unpaired) electrons. The number of rotatable bonds is 3. The second-order valence-corrected chi connectivity index (χ2v) is 6.62. The molecule has 1 heterocycles. The Balaban J connectivity index is 1.76. The summed E-state index contributed by atoms with van der Waals surface area (Å²) in [7, 11) is 3.14. The van der Waals surface area contributed by atoms with Gasteiger partial charge in [-0.2, -0.15) is 0 Å². The van der Waals surface area contributed by atoms with Gasteiger partial charge in [0.05, 0.1) is 19.8 Å². The van der Waals surface area contributed by atoms with E-state index in [1.165, 1.54) is 0 Å². The van der Waals surface area contributed by atoms with Crippen LogP contribution in [0.25, 0.3) is 0 Å². The average Bonchev–Trinajstić information content (AvgIpc) is 2.59. The van der Waals surface area contributed by atoms with E-state index in [9.17, 15) is 9.90 Å². The van der Waals surface area contributed by atoms with Gasteiger partial charge in [0.1, 0.15) is 0 Å². The predicted molar refractivity (Wildman–Crippen MR) is 87.0 cm³/mol. The van der Waals surface area contributed by atoms with E-state index in [-0.39, 0.29) is 11.8 Å². The van der Waals surface area contributed by atoms with Gasteiger partial charge in [0, 0.05) is 24.6 Å². The molecule has 1 saturated heterocycles. The van der Waals surface area contributed by atoms with E-state index in [0.29, 0.717) is 36.6 Å². The zero-order chi connectivity index (χ0) is 16.4. The third-order valence-electron chi connectivity index (χ3n) is 5.35. The molecular weight excluding hydrogens is 294 g/mol. The number of ether oxygens (including phenoxy) is 2. The third kappa shape index (κ3) is 3.02. The van der Waals surface area contributed by atoms with Gasteiger partial charge in [0.15, 0.2) is 11.5 Å². The van der Waals surface area contributed by atoms with Gasteiger partial charge in [-0.25, -0.2) is 0 Å². The number of nitrogens with zero attached hydrogens (tertiary/aromatic N) is 1. The number of hydrogen-bond acceptors (Lipinski definition) is 4. The first-order chi connectivity index (χ1) is 11.1. The van der Waals surface area contributed by atoms with Crippen molar-refractivity contribution in [2.75, 3.05) is 27.3 Å². The molecule has 1 aliphatic carbocycles. The Labute approximate surface area is 137 Å². The van der Waals surface area contributed by atoms with Crippen LogP contribution >= 0.6 is 0 Å². The van der Waals surface area contributed by atoms with Crippen LogP contribution in [0.3, 0.4) is 0 Å². The van der Waals surface area contributed by atoms with Crippen LogP contribution in [0.1, 0.15) is 42.5 Å². The Kier molecular flexibility index (Phi) is 4.48. The molecule has 0 bridgehead atoms. The molecule has 2 aliphatic rings. The maximum atomic E-state index is 12.8. The van der Waals surface area contributed by atoms with E-state index >= 15 is 0 Å². The lowest BCUT2D eigenvalue weighted by Crippen LogP contribution is -2.54. The Hall–Kier alpha value is -1.75. The van der Waals surface area contributed by atoms with Crippen LogP contribution in [-0.2, 0) is 0 Å². The molecule has 0 spiro atoms. The fourth-order valence-corrected chi connectivity index (χ4v) is 3.91. The maximum absolute atomic E-state index is 12.8. The van der Waals surface area contributed by atoms with Crippen LogP contribution < -0.4 is 9.47 Å². The highest BCUT2D eigenvalue weighted by Gasteiger charge is 2.43. The van der Waals surface area contributed by atoms with Gasteiger partial charge in [0.25, 0.3) is 5.91 Å². The largest absolute Gasteiger partial charge is 0.493 e. The zero-order valence-electron chi connectivity index (χ0n) is 13.9. The molecule has 3 rings (SSSR count). The van der Waals surface area contributed by atoms with E-state index in [2.05, 4.69) is 0 Å². The second-order valence-electron chi connectivity index (χ2n) is 6.62. The first-order valence-electron chi connectivity index (χ1n) is 8.31. The molecule has 126 valence electrons. The Morgan fingerprint density at radius 3 is 2.74 bits per heavy atom. The van der Waals surface area contributed by atoms with Crippen molar-refractivity contribution in [3.8, 4) is 11.5 Å². The Morgan fingerprint density at radius 1 is 1.22 bits per heavy atom. The summed E-state index contributed by atoms with van der Waals surface area (Å²) in [5.41, 5.74) is 0.0380. The fourth-order valence-electron chi connectivity index (χ4n) is 3.91. The minimum atomic E-state index is -0.563. The molecule has 1 aromatic rings. The number of fused-ring (bicyclic) bond motifs is 1. The molecule has 5 nitrogen and oxygen atoms in total. The van der Waals surface area contributed by atoms with Gasteiger partial charge in [-0.15, -0.1) is 0 Å². The van der Waals surface area contributed by atoms with Crippen LogP contribution in [0, 0.1) is 5.92 Å². The highest BCUT2D eigenvalue weighted by atomic mass is 16.5. The molecule has 1 aromatic carbocycles. The summed E-state index contributed by atoms with van der Waals surface area (Å²) >= 11 is 0. The highest BCUT2D eigenvalue weighted by Crippen LogP contribution is 2.40. The molecule has 1 aliphatic heterocycles. The van der Waals surface area contributed by atoms with Crippen LogP contribution in [0.4, 0.5) is 0 Å². The average molecular weight is 319 g/mol. The quantitative estimate of drug-likeness (QED) is 0.930. The zero-order valence-corrected chi connectivity index (χ0v) is 13.9. The number of amides is 1. The van der Waals surface area contributed by atoms with Gasteiger partial charge in [-0.05, 0) is 37.5 Å². The smallest absolute Gasteiger partial charge is 0.254 e. The molecule has 1 N–H and O–H groups in total. The fraction of sp³-hybridized carbons (Fsp3) is 0.611. The monoisotopic (exact) mass is 319 g/mol. The lowest BCUT2D eigenvalue weighted by atomic mass is 9.71. The number of methoxy groups -OCH3 is 2. The molecule has 2 unspecified atom stereocenters. The van der Waals surface area contributed by atoms with Gasteiger partial charge in [-0.3, -0.25) is 4.79 Å². The molecule has 1 amide bonds. The lowest BCUT2D eigenvalue weighted by molar-refractivity contribution is -0.0886. The minimum Gasteiger partial charge on any atom is -0.493 e. The van der Waals surface area contributed by atoms with Gasteiger partial charge >= 0.3 is 0 Å². The number of carbonyl (C=O) groups excluding carboxylic acids is 1. The van der Waals surface area contributed by atoms with E-state index in [0.717, 1.165) is 25.7 Å². The van der Waals surface area contributed by atoms with Gasteiger partial charge in [-0.1, -0.05) is 12.8 Å². The minimum absolute atomic E-state index is 0.00132. The maximum Gasteiger partial charge on any atom is 0.254 e. The van der Waals surface area contributed by atoms with Gasteiger partial charge < -0.3 is 19.5 Å². The van der Waals surface area contributed by atoms with E-state index < -0.39 is 5.60 Å². The molecule has 23 heavy (non-hydrogen) atoms. The second kappa shape index (κ2) is 6.40. The van der Waals surface area contributed by atoms with Crippen LogP contribution in [0.5, 0.6) is 11.5 Å². The summed E-state index contributed by atoms with van der Waals surface area (Å²) < 4.78 is 10.5. The van der Waals surface area contributed by atoms with Crippen molar-refractivity contribution in [3.05, 3.63) is 23.8 Å². The topological polar surface area (TPSA) is 59.0 Å². The van der Waals surface area contributed by atoms with Gasteiger partial charge in [0.2, 0.25) is 0 Å². The summed E-state index contributed by atoms with van der Waals surface area (Å²) in [4.78, 5) is 14.7. The van der Waals surface area contributed by atoms with Crippen molar-refractivity contribution in [2.45, 2.75) is 37.7 Å². The first-order valence-corrected chi connectivity index (χ1v) is 8.31. The van der Waals surface area contributed by atoms with Crippen molar-refractivity contribution in [2.24, 2.45) is 5.92 Å². The molecule has 1 saturated carbocycles. The molecule has 0 aromatic heterocycles. The molecule has 2 fully saturated rings. The number of aliphatic hydroxyl groups is 1. The number of piperidine rings is 1. The summed E-state index contributed by atoms with van der Waals surface area (Å²) in [6.45, 7) is 1.25. The molecule has 2 atom stereocenters. The van der Waals surface area contributed by atoms with Crippen molar-refractivity contribution in [1.29, 1.82) is 0 Å². The van der Waals surface area contributed by atoms with Crippen LogP contribution in [-0.4, -0.2) is 48.8 Å². The summed E-state index contributed by atoms with van der Waals surface area (Å²) in [6.07, 6.45) is 4.79. The number of carbonyl (C=O) groups is 1. The van der Waals surface area contributed by atoms with Crippen LogP contribution in [0.15, 0.2) is 18.2 Å². The van der Waals surface area contributed by atoms with Crippen molar-refractivity contribution in [3.63, 3.8) is 0 Å². The molecular formula is C18H25NO4. The lowest BCUT2D eigenvalue weighted by Gasteiger charge is -2.47. The number of hydrogen-bond donors (Lipinski definition) is 1. The summed E-state index contributed by atoms with van der Waals surface area (Å²) in [5, 5.41) is 10.7. The predicted octanol–water partition coefficient (Wildman–Crippen LogP) is 2.47. The van der Waals surface area contributed by atoms with Crippen molar-refractivity contribution in [1.82, 2.24) is 4.90 Å². The van der Waals surface area contributed by atoms with E-state index in [1.807, 2.05) is 4.90 Å². The standard InChI is InChI=1S/C18H25NO4/c1-22-15-7-6-13(11-16(15)23-2)17(20)19-10-9-18(21)8-4-3-5-14(18)12-19/h6-7,11,14,21H,3-5,8-10,12H2,1-2H3. The highest BCUT2D eigenvalue weighted by molar-refractivity contribution is 5.95. The SMILES string of the molecule is COc1ccc(C(=O)N2CCC3(O)CCCCC3C2)cc1OC. The van der Waals surface area contributed by atoms with E-state index in [4.69, 9.17) is 9.47 Å². The van der Waals surface area contributed by atoms with Crippen molar-refractivity contribution >= 4 is 5.91 Å². The summed E-state index contributed by atoms with van der Waals surface area (Å²) in [6, 6.07) is 5.25. The number of benzene rings is 1. The van der Waals surface area contributed by atoms with Crippen molar-refractivity contribution < 1.29 is 19.4 Å². The number of likely N-dealkylation sites (tertiary alicyclic amines) is 1. The molecule has 5 heteroatoms. The Morgan fingerprint density at radius 2 is 2.00 bits per heavy atom. The normalized spacial score (nSPS) is 27.3. The first kappa shape index (κ1) is 16.1. The third-order valence-corrected chi connectivity index (χ3v) is 5.35. The Bertz CT molecular complexity index is 588. The summed E-state index contributed by atoms with van der Waals surface area (Å²) in [5.74, 6) is 1.38. The van der Waals surface area contributed by atoms with E-state index in [1.54, 1.807) is 32.4 Å². The van der Waals surface area contributed by atoms with Crippen LogP contribution in [0.2, 0.25) is 0 Å².